The van der Waals surface area contributed by atoms with Crippen LogP contribution < -0.4 is 5.32 Å². The summed E-state index contributed by atoms with van der Waals surface area (Å²) in [6.45, 7) is 2.13. The van der Waals surface area contributed by atoms with Crippen molar-refractivity contribution in [3.63, 3.8) is 0 Å². The van der Waals surface area contributed by atoms with Crippen molar-refractivity contribution in [3.05, 3.63) is 66.2 Å². The van der Waals surface area contributed by atoms with Gasteiger partial charge in [0.1, 0.15) is 11.6 Å². The van der Waals surface area contributed by atoms with Gasteiger partial charge in [-0.3, -0.25) is 0 Å². The van der Waals surface area contributed by atoms with Crippen LogP contribution >= 0.6 is 0 Å². The van der Waals surface area contributed by atoms with Gasteiger partial charge in [0.15, 0.2) is 0 Å². The Kier molecular flexibility index (Phi) is 3.73. The van der Waals surface area contributed by atoms with Crippen LogP contribution in [0.3, 0.4) is 0 Å². The van der Waals surface area contributed by atoms with Crippen LogP contribution in [0.25, 0.3) is 10.9 Å². The Morgan fingerprint density at radius 3 is 2.57 bits per heavy atom. The summed E-state index contributed by atoms with van der Waals surface area (Å²) < 4.78 is 0. The molecule has 3 heteroatoms. The minimum Gasteiger partial charge on any atom is -0.508 e. The second-order valence-corrected chi connectivity index (χ2v) is 5.31. The molecular formula is C18H18N2O. The molecule has 3 nitrogen and oxygen atoms in total. The fourth-order valence-corrected chi connectivity index (χ4v) is 2.44. The Balaban J connectivity index is 1.70. The topological polar surface area (TPSA) is 45.1 Å². The number of fused-ring (bicyclic) bond motifs is 1. The monoisotopic (exact) mass is 278 g/mol. The molecule has 106 valence electrons. The Morgan fingerprint density at radius 2 is 1.76 bits per heavy atom. The molecule has 0 aliphatic carbocycles. The highest BCUT2D eigenvalue weighted by molar-refractivity contribution is 5.80. The van der Waals surface area contributed by atoms with Gasteiger partial charge in [-0.15, -0.1) is 0 Å². The molecule has 2 aromatic carbocycles. The van der Waals surface area contributed by atoms with E-state index in [1.165, 1.54) is 5.56 Å². The van der Waals surface area contributed by atoms with Gasteiger partial charge < -0.3 is 10.4 Å². The number of nitrogens with one attached hydrogen (secondary N) is 1. The zero-order valence-corrected chi connectivity index (χ0v) is 12.0. The van der Waals surface area contributed by atoms with Gasteiger partial charge in [0.25, 0.3) is 0 Å². The summed E-state index contributed by atoms with van der Waals surface area (Å²) in [5.41, 5.74) is 2.19. The van der Waals surface area contributed by atoms with Gasteiger partial charge in [0, 0.05) is 11.4 Å². The lowest BCUT2D eigenvalue weighted by molar-refractivity contribution is 0.475. The molecule has 0 saturated heterocycles. The van der Waals surface area contributed by atoms with Crippen LogP contribution in [0.4, 0.5) is 5.82 Å². The summed E-state index contributed by atoms with van der Waals surface area (Å²) in [5.74, 6) is 1.19. The van der Waals surface area contributed by atoms with Gasteiger partial charge in [-0.2, -0.15) is 0 Å². The Hall–Kier alpha value is -2.55. The summed E-state index contributed by atoms with van der Waals surface area (Å²) in [7, 11) is 0. The zero-order valence-electron chi connectivity index (χ0n) is 12.0. The van der Waals surface area contributed by atoms with Gasteiger partial charge >= 0.3 is 0 Å². The van der Waals surface area contributed by atoms with E-state index < -0.39 is 0 Å². The van der Waals surface area contributed by atoms with Crippen LogP contribution in [0, 0.1) is 0 Å². The molecule has 0 saturated carbocycles. The minimum absolute atomic E-state index is 0.267. The first-order valence-corrected chi connectivity index (χ1v) is 7.11. The average molecular weight is 278 g/mol. The van der Waals surface area contributed by atoms with E-state index in [0.717, 1.165) is 23.1 Å². The second kappa shape index (κ2) is 5.83. The lowest BCUT2D eigenvalue weighted by Gasteiger charge is -2.15. The molecular weight excluding hydrogens is 260 g/mol. The predicted octanol–water partition coefficient (Wildman–Crippen LogP) is 3.98. The van der Waals surface area contributed by atoms with Crippen molar-refractivity contribution in [2.24, 2.45) is 0 Å². The Morgan fingerprint density at radius 1 is 1.00 bits per heavy atom. The fraction of sp³-hybridized carbons (Fsp3) is 0.167. The van der Waals surface area contributed by atoms with E-state index in [2.05, 4.69) is 29.4 Å². The largest absolute Gasteiger partial charge is 0.508 e. The Bertz CT molecular complexity index is 738. The number of phenolic OH excluding ortho intramolecular Hbond substituents is 1. The van der Waals surface area contributed by atoms with E-state index in [-0.39, 0.29) is 6.04 Å². The SMILES string of the molecule is CC(Cc1ccc(O)cc1)Nc1ccc2ccccc2n1. The molecule has 2 N–H and O–H groups in total. The number of aromatic nitrogens is 1. The first-order chi connectivity index (χ1) is 10.2. The van der Waals surface area contributed by atoms with Gasteiger partial charge in [0.2, 0.25) is 0 Å². The van der Waals surface area contributed by atoms with Crippen molar-refractivity contribution >= 4 is 16.7 Å². The van der Waals surface area contributed by atoms with Crippen LogP contribution in [0.1, 0.15) is 12.5 Å². The van der Waals surface area contributed by atoms with Crippen LogP contribution in [0.5, 0.6) is 5.75 Å². The number of benzene rings is 2. The summed E-state index contributed by atoms with van der Waals surface area (Å²) in [6, 6.07) is 19.8. The molecule has 21 heavy (non-hydrogen) atoms. The quantitative estimate of drug-likeness (QED) is 0.758. The molecule has 0 fully saturated rings. The van der Waals surface area contributed by atoms with Crippen LogP contribution in [0.15, 0.2) is 60.7 Å². The highest BCUT2D eigenvalue weighted by atomic mass is 16.3. The second-order valence-electron chi connectivity index (χ2n) is 5.31. The normalized spacial score (nSPS) is 12.2. The highest BCUT2D eigenvalue weighted by Gasteiger charge is 2.05. The van der Waals surface area contributed by atoms with Crippen LogP contribution in [0.2, 0.25) is 0 Å². The van der Waals surface area contributed by atoms with E-state index in [1.54, 1.807) is 12.1 Å². The number of aromatic hydroxyl groups is 1. The number of para-hydroxylation sites is 1. The predicted molar refractivity (Wildman–Crippen MR) is 86.6 cm³/mol. The molecule has 0 bridgehead atoms. The number of rotatable bonds is 4. The minimum atomic E-state index is 0.267. The molecule has 1 aromatic heterocycles. The van der Waals surface area contributed by atoms with Crippen LogP contribution in [-0.2, 0) is 6.42 Å². The van der Waals surface area contributed by atoms with Crippen molar-refractivity contribution < 1.29 is 5.11 Å². The maximum Gasteiger partial charge on any atom is 0.126 e. The molecule has 0 aliphatic heterocycles. The standard InChI is InChI=1S/C18H18N2O/c1-13(12-14-6-9-16(21)10-7-14)19-18-11-8-15-4-2-3-5-17(15)20-18/h2-11,13,21H,12H2,1H3,(H,19,20). The van der Waals surface area contributed by atoms with E-state index in [0.29, 0.717) is 5.75 Å². The molecule has 3 rings (SSSR count). The molecule has 1 unspecified atom stereocenters. The number of nitrogens with zero attached hydrogens (tertiary/aromatic N) is 1. The first-order valence-electron chi connectivity index (χ1n) is 7.11. The van der Waals surface area contributed by atoms with Gasteiger partial charge in [-0.05, 0) is 49.2 Å². The van der Waals surface area contributed by atoms with Crippen molar-refractivity contribution in [2.75, 3.05) is 5.32 Å². The lowest BCUT2D eigenvalue weighted by Crippen LogP contribution is -2.18. The van der Waals surface area contributed by atoms with E-state index in [4.69, 9.17) is 0 Å². The maximum absolute atomic E-state index is 9.30. The van der Waals surface area contributed by atoms with E-state index in [1.807, 2.05) is 36.4 Å². The van der Waals surface area contributed by atoms with Crippen molar-refractivity contribution in [1.82, 2.24) is 4.98 Å². The van der Waals surface area contributed by atoms with Gasteiger partial charge in [-0.1, -0.05) is 30.3 Å². The number of hydrogen-bond acceptors (Lipinski definition) is 3. The molecule has 3 aromatic rings. The number of hydrogen-bond donors (Lipinski definition) is 2. The molecule has 1 heterocycles. The summed E-state index contributed by atoms with van der Waals surface area (Å²) >= 11 is 0. The van der Waals surface area contributed by atoms with E-state index >= 15 is 0 Å². The summed E-state index contributed by atoms with van der Waals surface area (Å²) in [6.07, 6.45) is 0.884. The van der Waals surface area contributed by atoms with Crippen molar-refractivity contribution in [1.29, 1.82) is 0 Å². The number of phenols is 1. The summed E-state index contributed by atoms with van der Waals surface area (Å²) in [4.78, 5) is 4.62. The third kappa shape index (κ3) is 3.31. The fourth-order valence-electron chi connectivity index (χ4n) is 2.44. The van der Waals surface area contributed by atoms with Crippen molar-refractivity contribution in [3.8, 4) is 5.75 Å². The molecule has 0 spiro atoms. The third-order valence-corrected chi connectivity index (χ3v) is 3.47. The first kappa shape index (κ1) is 13.4. The molecule has 0 aliphatic rings. The highest BCUT2D eigenvalue weighted by Crippen LogP contribution is 2.16. The average Bonchev–Trinajstić information content (AvgIpc) is 2.49. The summed E-state index contributed by atoms with van der Waals surface area (Å²) in [5, 5.41) is 13.9. The number of anilines is 1. The third-order valence-electron chi connectivity index (χ3n) is 3.47. The Labute approximate surface area is 124 Å². The van der Waals surface area contributed by atoms with Gasteiger partial charge in [-0.25, -0.2) is 4.98 Å². The molecule has 0 radical (unpaired) electrons. The molecule has 1 atom stereocenters. The van der Waals surface area contributed by atoms with Crippen molar-refractivity contribution in [2.45, 2.75) is 19.4 Å². The lowest BCUT2D eigenvalue weighted by atomic mass is 10.1. The van der Waals surface area contributed by atoms with Gasteiger partial charge in [0.05, 0.1) is 5.52 Å². The van der Waals surface area contributed by atoms with Crippen LogP contribution in [-0.4, -0.2) is 16.1 Å². The molecule has 0 amide bonds. The smallest absolute Gasteiger partial charge is 0.126 e. The van der Waals surface area contributed by atoms with E-state index in [9.17, 15) is 5.11 Å². The zero-order chi connectivity index (χ0) is 14.7. The number of pyridine rings is 1. The maximum atomic E-state index is 9.30.